The summed E-state index contributed by atoms with van der Waals surface area (Å²) in [6.45, 7) is 3.60. The molecule has 5 rings (SSSR count). The van der Waals surface area contributed by atoms with E-state index in [-0.39, 0.29) is 23.8 Å². The number of benzene rings is 2. The van der Waals surface area contributed by atoms with Crippen LogP contribution in [0.3, 0.4) is 0 Å². The smallest absolute Gasteiger partial charge is 0.253 e. The molecule has 2 aromatic rings. The maximum absolute atomic E-state index is 13.0. The molecule has 0 radical (unpaired) electrons. The lowest BCUT2D eigenvalue weighted by atomic mass is 9.86. The standard InChI is InChI=1S/C28H35N3O2/c32-27(29-26-12-6-10-21-7-4-5-11-25(21)26)22-13-17-30(18-14-22)24-15-19-31(20-16-24)28(33)23-8-2-1-3-9-23/h1-5,7-9,11,22,24,26H,6,10,12-20H2,(H,29,32). The van der Waals surface area contributed by atoms with Gasteiger partial charge in [0.05, 0.1) is 6.04 Å². The monoisotopic (exact) mass is 445 g/mol. The number of carbonyl (C=O) groups excluding carboxylic acids is 2. The second-order valence-corrected chi connectivity index (χ2v) is 9.85. The summed E-state index contributed by atoms with van der Waals surface area (Å²) in [6.07, 6.45) is 7.22. The van der Waals surface area contributed by atoms with Gasteiger partial charge in [-0.2, -0.15) is 0 Å². The molecule has 3 aliphatic rings. The summed E-state index contributed by atoms with van der Waals surface area (Å²) >= 11 is 0. The van der Waals surface area contributed by atoms with Crippen molar-refractivity contribution >= 4 is 11.8 Å². The fourth-order valence-corrected chi connectivity index (χ4v) is 5.92. The molecule has 2 saturated heterocycles. The Balaban J connectivity index is 1.09. The van der Waals surface area contributed by atoms with Crippen LogP contribution in [0.5, 0.6) is 0 Å². The lowest BCUT2D eigenvalue weighted by Crippen LogP contribution is -2.50. The highest BCUT2D eigenvalue weighted by atomic mass is 16.2. The predicted molar refractivity (Wildman–Crippen MR) is 130 cm³/mol. The number of aryl methyl sites for hydroxylation is 1. The molecule has 1 N–H and O–H groups in total. The van der Waals surface area contributed by atoms with Crippen LogP contribution in [0.25, 0.3) is 0 Å². The maximum atomic E-state index is 13.0. The number of nitrogens with one attached hydrogen (secondary N) is 1. The topological polar surface area (TPSA) is 52.7 Å². The summed E-state index contributed by atoms with van der Waals surface area (Å²) in [5, 5.41) is 3.37. The first kappa shape index (κ1) is 22.1. The van der Waals surface area contributed by atoms with Crippen LogP contribution in [-0.2, 0) is 11.2 Å². The van der Waals surface area contributed by atoms with Gasteiger partial charge in [-0.05, 0) is 81.3 Å². The highest BCUT2D eigenvalue weighted by Crippen LogP contribution is 2.31. The molecule has 1 aliphatic carbocycles. The Kier molecular flexibility index (Phi) is 6.77. The molecule has 33 heavy (non-hydrogen) atoms. The third-order valence-corrected chi connectivity index (χ3v) is 7.88. The third kappa shape index (κ3) is 4.98. The fraction of sp³-hybridized carbons (Fsp3) is 0.500. The van der Waals surface area contributed by atoms with E-state index in [2.05, 4.69) is 34.5 Å². The third-order valence-electron chi connectivity index (χ3n) is 7.88. The molecule has 0 aromatic heterocycles. The molecular formula is C28H35N3O2. The van der Waals surface area contributed by atoms with Gasteiger partial charge in [0.2, 0.25) is 5.91 Å². The first-order valence-electron chi connectivity index (χ1n) is 12.7. The SMILES string of the molecule is O=C(NC1CCCc2ccccc21)C1CCN(C2CCN(C(=O)c3ccccc3)CC2)CC1. The van der Waals surface area contributed by atoms with E-state index in [1.54, 1.807) is 0 Å². The number of hydrogen-bond donors (Lipinski definition) is 1. The van der Waals surface area contributed by atoms with Gasteiger partial charge in [-0.3, -0.25) is 9.59 Å². The van der Waals surface area contributed by atoms with Gasteiger partial charge in [0.1, 0.15) is 0 Å². The van der Waals surface area contributed by atoms with Gasteiger partial charge in [0.25, 0.3) is 5.91 Å². The van der Waals surface area contributed by atoms with E-state index in [4.69, 9.17) is 0 Å². The zero-order valence-electron chi connectivity index (χ0n) is 19.4. The predicted octanol–water partition coefficient (Wildman–Crippen LogP) is 4.20. The second-order valence-electron chi connectivity index (χ2n) is 9.85. The van der Waals surface area contributed by atoms with Crippen molar-refractivity contribution in [3.8, 4) is 0 Å². The highest BCUT2D eigenvalue weighted by molar-refractivity contribution is 5.94. The molecule has 2 aliphatic heterocycles. The summed E-state index contributed by atoms with van der Waals surface area (Å²) < 4.78 is 0. The molecule has 174 valence electrons. The van der Waals surface area contributed by atoms with Crippen molar-refractivity contribution in [3.05, 3.63) is 71.3 Å². The average Bonchev–Trinajstić information content (AvgIpc) is 2.89. The molecule has 2 fully saturated rings. The van der Waals surface area contributed by atoms with E-state index >= 15 is 0 Å². The van der Waals surface area contributed by atoms with Crippen LogP contribution < -0.4 is 5.32 Å². The highest BCUT2D eigenvalue weighted by Gasteiger charge is 2.33. The lowest BCUT2D eigenvalue weighted by Gasteiger charge is -2.41. The number of likely N-dealkylation sites (tertiary alicyclic amines) is 2. The molecule has 0 bridgehead atoms. The Labute approximate surface area is 197 Å². The molecule has 2 heterocycles. The van der Waals surface area contributed by atoms with Crippen LogP contribution in [0.4, 0.5) is 0 Å². The Morgan fingerprint density at radius 1 is 0.788 bits per heavy atom. The number of amides is 2. The van der Waals surface area contributed by atoms with Crippen LogP contribution in [0, 0.1) is 5.92 Å². The molecule has 1 unspecified atom stereocenters. The van der Waals surface area contributed by atoms with E-state index < -0.39 is 0 Å². The Bertz CT molecular complexity index is 960. The van der Waals surface area contributed by atoms with E-state index in [1.807, 2.05) is 35.2 Å². The van der Waals surface area contributed by atoms with Crippen molar-refractivity contribution in [1.82, 2.24) is 15.1 Å². The van der Waals surface area contributed by atoms with Gasteiger partial charge >= 0.3 is 0 Å². The second kappa shape index (κ2) is 10.1. The minimum Gasteiger partial charge on any atom is -0.349 e. The summed E-state index contributed by atoms with van der Waals surface area (Å²) in [5.74, 6) is 0.503. The summed E-state index contributed by atoms with van der Waals surface area (Å²) in [7, 11) is 0. The fourth-order valence-electron chi connectivity index (χ4n) is 5.92. The first-order valence-corrected chi connectivity index (χ1v) is 12.7. The minimum atomic E-state index is 0.120. The normalized spacial score (nSPS) is 22.5. The number of rotatable bonds is 4. The van der Waals surface area contributed by atoms with Gasteiger partial charge in [0, 0.05) is 30.6 Å². The van der Waals surface area contributed by atoms with Gasteiger partial charge in [0.15, 0.2) is 0 Å². The zero-order valence-corrected chi connectivity index (χ0v) is 19.4. The Hall–Kier alpha value is -2.66. The van der Waals surface area contributed by atoms with Gasteiger partial charge < -0.3 is 15.1 Å². The summed E-state index contributed by atoms with van der Waals surface area (Å²) in [6, 6.07) is 18.8. The Morgan fingerprint density at radius 2 is 1.48 bits per heavy atom. The van der Waals surface area contributed by atoms with Crippen LogP contribution in [0.2, 0.25) is 0 Å². The van der Waals surface area contributed by atoms with Crippen molar-refractivity contribution in [2.24, 2.45) is 5.92 Å². The lowest BCUT2D eigenvalue weighted by molar-refractivity contribution is -0.127. The summed E-state index contributed by atoms with van der Waals surface area (Å²) in [5.41, 5.74) is 3.48. The first-order chi connectivity index (χ1) is 16.2. The summed E-state index contributed by atoms with van der Waals surface area (Å²) in [4.78, 5) is 30.3. The molecule has 0 spiro atoms. The van der Waals surface area contributed by atoms with Crippen LogP contribution in [0.1, 0.15) is 66.1 Å². The van der Waals surface area contributed by atoms with Crippen molar-refractivity contribution in [1.29, 1.82) is 0 Å². The molecule has 0 saturated carbocycles. The van der Waals surface area contributed by atoms with Crippen molar-refractivity contribution in [2.75, 3.05) is 26.2 Å². The molecule has 5 heteroatoms. The molecular weight excluding hydrogens is 410 g/mol. The number of carbonyl (C=O) groups is 2. The molecule has 2 aromatic carbocycles. The largest absolute Gasteiger partial charge is 0.349 e. The number of fused-ring (bicyclic) bond motifs is 1. The van der Waals surface area contributed by atoms with Gasteiger partial charge in [-0.1, -0.05) is 42.5 Å². The van der Waals surface area contributed by atoms with Gasteiger partial charge in [-0.25, -0.2) is 0 Å². The van der Waals surface area contributed by atoms with Crippen LogP contribution in [0.15, 0.2) is 54.6 Å². The Morgan fingerprint density at radius 3 is 2.24 bits per heavy atom. The quantitative estimate of drug-likeness (QED) is 0.768. The van der Waals surface area contributed by atoms with Gasteiger partial charge in [-0.15, -0.1) is 0 Å². The maximum Gasteiger partial charge on any atom is 0.253 e. The van der Waals surface area contributed by atoms with E-state index in [0.29, 0.717) is 6.04 Å². The molecule has 2 amide bonds. The molecule has 1 atom stereocenters. The van der Waals surface area contributed by atoms with E-state index in [9.17, 15) is 9.59 Å². The van der Waals surface area contributed by atoms with Crippen molar-refractivity contribution in [3.63, 3.8) is 0 Å². The average molecular weight is 446 g/mol. The minimum absolute atomic E-state index is 0.120. The number of nitrogens with zero attached hydrogens (tertiary/aromatic N) is 2. The van der Waals surface area contributed by atoms with Crippen LogP contribution >= 0.6 is 0 Å². The van der Waals surface area contributed by atoms with Crippen LogP contribution in [-0.4, -0.2) is 53.8 Å². The number of piperidine rings is 2. The zero-order chi connectivity index (χ0) is 22.6. The van der Waals surface area contributed by atoms with Crippen molar-refractivity contribution in [2.45, 2.75) is 57.0 Å². The van der Waals surface area contributed by atoms with E-state index in [0.717, 1.165) is 76.7 Å². The van der Waals surface area contributed by atoms with E-state index in [1.165, 1.54) is 11.1 Å². The van der Waals surface area contributed by atoms with Crippen molar-refractivity contribution < 1.29 is 9.59 Å². The molecule has 5 nitrogen and oxygen atoms in total. The number of hydrogen-bond acceptors (Lipinski definition) is 3.